The largest absolute Gasteiger partial charge is 0.491 e. The van der Waals surface area contributed by atoms with E-state index in [1.807, 2.05) is 28.5 Å². The Balaban J connectivity index is 1.40. The van der Waals surface area contributed by atoms with E-state index >= 15 is 0 Å². The van der Waals surface area contributed by atoms with Gasteiger partial charge in [0, 0.05) is 55.3 Å². The van der Waals surface area contributed by atoms with Crippen molar-refractivity contribution in [2.24, 2.45) is 12.8 Å². The first-order valence-corrected chi connectivity index (χ1v) is 15.6. The third kappa shape index (κ3) is 6.74. The molecule has 11 heteroatoms. The van der Waals surface area contributed by atoms with Gasteiger partial charge in [-0.15, -0.1) is 20.7 Å². The summed E-state index contributed by atoms with van der Waals surface area (Å²) in [6, 6.07) is 14.7. The Morgan fingerprint density at radius 1 is 1.14 bits per heavy atom. The molecule has 0 atom stereocenters. The molecule has 1 saturated heterocycles. The van der Waals surface area contributed by atoms with Gasteiger partial charge in [-0.1, -0.05) is 12.1 Å². The number of carbonyl (C=O) groups excluding carboxylic acids is 1. The number of carbonyl (C=O) groups is 1. The lowest BCUT2D eigenvalue weighted by Crippen LogP contribution is -2.33. The fourth-order valence-electron chi connectivity index (χ4n) is 5.16. The zero-order valence-corrected chi connectivity index (χ0v) is 25.6. The van der Waals surface area contributed by atoms with Gasteiger partial charge in [-0.25, -0.2) is 9.78 Å². The van der Waals surface area contributed by atoms with Gasteiger partial charge in [0.2, 0.25) is 0 Å². The van der Waals surface area contributed by atoms with Crippen LogP contribution in [0.25, 0.3) is 27.5 Å². The molecule has 0 radical (unpaired) electrons. The van der Waals surface area contributed by atoms with E-state index in [1.165, 1.54) is 5.69 Å². The van der Waals surface area contributed by atoms with Crippen LogP contribution in [0.15, 0.2) is 54.0 Å². The van der Waals surface area contributed by atoms with Gasteiger partial charge in [-0.2, -0.15) is 0 Å². The zero-order chi connectivity index (χ0) is 29.5. The van der Waals surface area contributed by atoms with Gasteiger partial charge in [-0.3, -0.25) is 0 Å². The molecule has 0 spiro atoms. The maximum Gasteiger partial charge on any atom is 0.317 e. The van der Waals surface area contributed by atoms with E-state index in [-0.39, 0.29) is 6.03 Å². The lowest BCUT2D eigenvalue weighted by molar-refractivity contribution is -0.661. The average molecular weight is 590 g/mol. The Kier molecular flexibility index (Phi) is 9.70. The van der Waals surface area contributed by atoms with Crippen LogP contribution in [-0.4, -0.2) is 71.7 Å². The van der Waals surface area contributed by atoms with Crippen LogP contribution in [0, 0.1) is 0 Å². The summed E-state index contributed by atoms with van der Waals surface area (Å²) in [6.07, 6.45) is 5.00. The van der Waals surface area contributed by atoms with Crippen LogP contribution >= 0.6 is 11.3 Å². The second-order valence-corrected chi connectivity index (χ2v) is 11.2. The number of nitrogens with zero attached hydrogens (tertiary/aromatic N) is 6. The number of nitrogens with one attached hydrogen (secondary N) is 1. The van der Waals surface area contributed by atoms with E-state index < -0.39 is 0 Å². The van der Waals surface area contributed by atoms with Crippen LogP contribution in [0.4, 0.5) is 10.5 Å². The predicted octanol–water partition coefficient (Wildman–Crippen LogP) is 4.02. The minimum atomic E-state index is -0.0460. The van der Waals surface area contributed by atoms with Gasteiger partial charge in [0.1, 0.15) is 24.4 Å². The molecule has 1 aliphatic heterocycles. The minimum Gasteiger partial charge on any atom is -0.491 e. The van der Waals surface area contributed by atoms with Gasteiger partial charge in [-0.05, 0) is 57.5 Å². The van der Waals surface area contributed by atoms with E-state index in [0.717, 1.165) is 65.6 Å². The van der Waals surface area contributed by atoms with E-state index in [0.29, 0.717) is 38.5 Å². The van der Waals surface area contributed by atoms with E-state index in [9.17, 15) is 4.79 Å². The number of anilines is 1. The molecule has 1 fully saturated rings. The molecule has 10 nitrogen and oxygen atoms in total. The Morgan fingerprint density at radius 3 is 2.67 bits per heavy atom. The summed E-state index contributed by atoms with van der Waals surface area (Å²) in [5, 5.41) is 10.5. The maximum atomic E-state index is 12.0. The Morgan fingerprint density at radius 2 is 1.95 bits per heavy atom. The van der Waals surface area contributed by atoms with Crippen molar-refractivity contribution in [3.8, 4) is 33.3 Å². The van der Waals surface area contributed by atoms with Crippen LogP contribution in [0.2, 0.25) is 0 Å². The highest BCUT2D eigenvalue weighted by Gasteiger charge is 2.21. The number of ether oxygens (including phenoxy) is 1. The van der Waals surface area contributed by atoms with Gasteiger partial charge in [0.05, 0.1) is 23.0 Å². The molecule has 2 aromatic heterocycles. The number of aryl methyl sites for hydroxylation is 2. The number of rotatable bonds is 14. The number of urea groups is 1. The first kappa shape index (κ1) is 29.5. The highest BCUT2D eigenvalue weighted by Crippen LogP contribution is 2.36. The maximum absolute atomic E-state index is 12.0. The second kappa shape index (κ2) is 13.8. The summed E-state index contributed by atoms with van der Waals surface area (Å²) in [4.78, 5) is 21.1. The number of amides is 2. The number of hydrogen-bond donors (Lipinski definition) is 2. The number of nitrogens with two attached hydrogens (primary N) is 1. The zero-order valence-electron chi connectivity index (χ0n) is 24.8. The Bertz CT molecular complexity index is 1480. The second-order valence-electron chi connectivity index (χ2n) is 10.3. The first-order valence-electron chi connectivity index (χ1n) is 14.8. The fourth-order valence-corrected chi connectivity index (χ4v) is 6.02. The molecule has 4 aromatic rings. The Hall–Kier alpha value is -3.96. The van der Waals surface area contributed by atoms with Crippen molar-refractivity contribution in [1.29, 1.82) is 0 Å². The van der Waals surface area contributed by atoms with Crippen LogP contribution < -0.4 is 25.4 Å². The van der Waals surface area contributed by atoms with Gasteiger partial charge in [0.25, 0.3) is 0 Å². The number of benzene rings is 2. The van der Waals surface area contributed by atoms with Gasteiger partial charge in [0.15, 0.2) is 17.6 Å². The standard InChI is InChI=1S/C31H40N8O2S/c1-4-37(5-2)24-11-9-23(10-12-24)28-22-42-30(34-28)27-14-13-25(39-21-26(36(3)35-39)8-6-7-15-32)20-29(27)41-19-18-38-17-16-33-31(38)40/h9-14,20-22H,4-8,15-19,32H2,1-3H3/p+1. The molecule has 0 bridgehead atoms. The van der Waals surface area contributed by atoms with Crippen molar-refractivity contribution in [1.82, 2.24) is 25.1 Å². The first-order chi connectivity index (χ1) is 20.5. The van der Waals surface area contributed by atoms with Crippen LogP contribution in [-0.2, 0) is 13.5 Å². The topological polar surface area (TPSA) is 105 Å². The molecular weight excluding hydrogens is 548 g/mol. The molecule has 5 rings (SSSR count). The van der Waals surface area contributed by atoms with Gasteiger partial charge < -0.3 is 25.6 Å². The molecule has 2 aromatic carbocycles. The molecule has 3 heterocycles. The molecule has 0 aliphatic carbocycles. The summed E-state index contributed by atoms with van der Waals surface area (Å²) in [5.41, 5.74) is 11.9. The number of hydrogen-bond acceptors (Lipinski definition) is 7. The minimum absolute atomic E-state index is 0.0460. The van der Waals surface area contributed by atoms with Crippen LogP contribution in [0.3, 0.4) is 0 Å². The van der Waals surface area contributed by atoms with Crippen molar-refractivity contribution in [3.63, 3.8) is 0 Å². The quantitative estimate of drug-likeness (QED) is 0.170. The molecule has 2 amide bonds. The molecule has 0 unspecified atom stereocenters. The molecule has 1 aliphatic rings. The molecule has 0 saturated carbocycles. The molecule has 3 N–H and O–H groups in total. The van der Waals surface area contributed by atoms with E-state index in [2.05, 4.69) is 66.0 Å². The van der Waals surface area contributed by atoms with Gasteiger partial charge >= 0.3 is 6.03 Å². The van der Waals surface area contributed by atoms with Crippen LogP contribution in [0.5, 0.6) is 5.75 Å². The summed E-state index contributed by atoms with van der Waals surface area (Å²) < 4.78 is 10.1. The number of unbranched alkanes of at least 4 members (excludes halogenated alkanes) is 1. The molecule has 42 heavy (non-hydrogen) atoms. The van der Waals surface area contributed by atoms with Crippen molar-refractivity contribution in [2.45, 2.75) is 33.1 Å². The van der Waals surface area contributed by atoms with Crippen molar-refractivity contribution in [2.75, 3.05) is 50.8 Å². The monoisotopic (exact) mass is 589 g/mol. The fraction of sp³-hybridized carbons (Fsp3) is 0.419. The summed E-state index contributed by atoms with van der Waals surface area (Å²) in [6.45, 7) is 9.24. The van der Waals surface area contributed by atoms with E-state index in [4.69, 9.17) is 20.7 Å². The van der Waals surface area contributed by atoms with Crippen molar-refractivity contribution in [3.05, 3.63) is 59.7 Å². The van der Waals surface area contributed by atoms with Crippen molar-refractivity contribution >= 4 is 23.1 Å². The molecular formula is C31H41N8O2S+. The number of aromatic nitrogens is 4. The summed E-state index contributed by atoms with van der Waals surface area (Å²) in [7, 11) is 1.97. The predicted molar refractivity (Wildman–Crippen MR) is 167 cm³/mol. The smallest absolute Gasteiger partial charge is 0.317 e. The SMILES string of the molecule is CCN(CC)c1ccc(-c2csc(-c3ccc(-[n+]4cc(CCCCN)n(C)n4)cc3OCCN3CCNC3=O)n2)cc1. The van der Waals surface area contributed by atoms with E-state index in [1.54, 1.807) is 16.2 Å². The lowest BCUT2D eigenvalue weighted by atomic mass is 10.1. The summed E-state index contributed by atoms with van der Waals surface area (Å²) in [5.74, 6) is 0.715. The summed E-state index contributed by atoms with van der Waals surface area (Å²) >= 11 is 1.60. The third-order valence-corrected chi connectivity index (χ3v) is 8.50. The third-order valence-electron chi connectivity index (χ3n) is 7.62. The molecule has 222 valence electrons. The normalized spacial score (nSPS) is 13.0. The number of thiazole rings is 1. The average Bonchev–Trinajstić information content (AvgIpc) is 3.75. The lowest BCUT2D eigenvalue weighted by Gasteiger charge is -2.20. The van der Waals surface area contributed by atoms with Crippen LogP contribution in [0.1, 0.15) is 32.4 Å². The Labute approximate surface area is 251 Å². The van der Waals surface area contributed by atoms with Crippen molar-refractivity contribution < 1.29 is 14.2 Å². The highest BCUT2D eigenvalue weighted by atomic mass is 32.1. The highest BCUT2D eigenvalue weighted by molar-refractivity contribution is 7.13.